The van der Waals surface area contributed by atoms with Gasteiger partial charge in [-0.25, -0.2) is 4.79 Å². The average Bonchev–Trinajstić information content (AvgIpc) is 2.82. The Balaban J connectivity index is 1.42. The smallest absolute Gasteiger partial charge is 0.333 e. The molecule has 0 aliphatic heterocycles. The fourth-order valence-corrected chi connectivity index (χ4v) is 3.35. The number of benzene rings is 2. The molecule has 0 bridgehead atoms. The van der Waals surface area contributed by atoms with Crippen molar-refractivity contribution in [1.82, 2.24) is 0 Å². The molecule has 0 saturated heterocycles. The Morgan fingerprint density at radius 2 is 1.22 bits per heavy atom. The summed E-state index contributed by atoms with van der Waals surface area (Å²) < 4.78 is 11.0. The molecule has 0 heterocycles. The molecule has 0 spiro atoms. The molecule has 32 heavy (non-hydrogen) atoms. The molecule has 0 atom stereocenters. The quantitative estimate of drug-likeness (QED) is 0.117. The van der Waals surface area contributed by atoms with E-state index < -0.39 is 0 Å². The van der Waals surface area contributed by atoms with Crippen LogP contribution in [0.3, 0.4) is 0 Å². The zero-order chi connectivity index (χ0) is 22.9. The van der Waals surface area contributed by atoms with Gasteiger partial charge < -0.3 is 9.47 Å². The molecule has 0 aromatic heterocycles. The number of rotatable bonds is 16. The van der Waals surface area contributed by atoms with Crippen LogP contribution in [-0.4, -0.2) is 19.2 Å². The molecule has 3 nitrogen and oxygen atoms in total. The fourth-order valence-electron chi connectivity index (χ4n) is 3.35. The Bertz CT molecular complexity index is 806. The van der Waals surface area contributed by atoms with Crippen molar-refractivity contribution in [3.63, 3.8) is 0 Å². The van der Waals surface area contributed by atoms with Gasteiger partial charge in [0.1, 0.15) is 5.75 Å². The standard InChI is InChI=1S/C29H38O3/c1-25(2)29(30)32-24-14-9-7-5-3-4-6-8-13-23-31-28-21-19-27(20-22-28)18-17-26-15-11-10-12-16-26/h10-12,15-22H,1,3-9,13-14,23-24H2,2H3/b18-17+. The number of hydrogen-bond donors (Lipinski definition) is 0. The lowest BCUT2D eigenvalue weighted by Gasteiger charge is -2.07. The summed E-state index contributed by atoms with van der Waals surface area (Å²) in [5.41, 5.74) is 2.85. The molecule has 0 radical (unpaired) electrons. The Morgan fingerprint density at radius 1 is 0.719 bits per heavy atom. The predicted octanol–water partition coefficient (Wildman–Crippen LogP) is 7.87. The largest absolute Gasteiger partial charge is 0.494 e. The molecule has 172 valence electrons. The highest BCUT2D eigenvalue weighted by Crippen LogP contribution is 2.16. The van der Waals surface area contributed by atoms with Crippen LogP contribution >= 0.6 is 0 Å². The highest BCUT2D eigenvalue weighted by molar-refractivity contribution is 5.86. The van der Waals surface area contributed by atoms with Crippen LogP contribution < -0.4 is 4.74 Å². The van der Waals surface area contributed by atoms with Crippen LogP contribution in [0.2, 0.25) is 0 Å². The molecule has 0 fully saturated rings. The average molecular weight is 435 g/mol. The van der Waals surface area contributed by atoms with Crippen LogP contribution in [0.25, 0.3) is 12.2 Å². The maximum absolute atomic E-state index is 11.3. The number of unbranched alkanes of at least 4 members (excludes halogenated alkanes) is 8. The predicted molar refractivity (Wildman–Crippen MR) is 135 cm³/mol. The first-order valence-electron chi connectivity index (χ1n) is 11.9. The van der Waals surface area contributed by atoms with Gasteiger partial charge in [0, 0.05) is 5.57 Å². The summed E-state index contributed by atoms with van der Waals surface area (Å²) in [5, 5.41) is 0. The van der Waals surface area contributed by atoms with E-state index in [1.165, 1.54) is 49.7 Å². The van der Waals surface area contributed by atoms with Gasteiger partial charge in [-0.2, -0.15) is 0 Å². The first kappa shape index (κ1) is 25.5. The molecule has 0 N–H and O–H groups in total. The van der Waals surface area contributed by atoms with Crippen molar-refractivity contribution in [2.24, 2.45) is 0 Å². The molecule has 2 aromatic carbocycles. The Morgan fingerprint density at radius 3 is 1.78 bits per heavy atom. The van der Waals surface area contributed by atoms with Crippen molar-refractivity contribution in [3.8, 4) is 5.75 Å². The fraction of sp³-hybridized carbons (Fsp3) is 0.414. The minimum absolute atomic E-state index is 0.276. The van der Waals surface area contributed by atoms with Gasteiger partial charge in [-0.3, -0.25) is 0 Å². The third-order valence-corrected chi connectivity index (χ3v) is 5.29. The lowest BCUT2D eigenvalue weighted by atomic mass is 10.1. The van der Waals surface area contributed by atoms with Crippen molar-refractivity contribution in [2.75, 3.05) is 13.2 Å². The Kier molecular flexibility index (Phi) is 12.7. The van der Waals surface area contributed by atoms with Gasteiger partial charge in [0.15, 0.2) is 0 Å². The van der Waals surface area contributed by atoms with E-state index in [0.29, 0.717) is 12.2 Å². The first-order valence-corrected chi connectivity index (χ1v) is 11.9. The summed E-state index contributed by atoms with van der Waals surface area (Å²) in [5.74, 6) is 0.665. The third kappa shape index (κ3) is 11.5. The van der Waals surface area contributed by atoms with Crippen LogP contribution in [-0.2, 0) is 9.53 Å². The van der Waals surface area contributed by atoms with Crippen LogP contribution in [0.4, 0.5) is 0 Å². The second-order valence-electron chi connectivity index (χ2n) is 8.26. The molecule has 0 aliphatic carbocycles. The molecule has 2 aromatic rings. The number of hydrogen-bond acceptors (Lipinski definition) is 3. The van der Waals surface area contributed by atoms with Crippen LogP contribution in [0, 0.1) is 0 Å². The zero-order valence-corrected chi connectivity index (χ0v) is 19.6. The summed E-state index contributed by atoms with van der Waals surface area (Å²) in [6, 6.07) is 18.6. The molecule has 0 unspecified atom stereocenters. The van der Waals surface area contributed by atoms with Gasteiger partial charge in [0.25, 0.3) is 0 Å². The van der Waals surface area contributed by atoms with Crippen molar-refractivity contribution in [2.45, 2.75) is 64.7 Å². The van der Waals surface area contributed by atoms with E-state index in [2.05, 4.69) is 43.0 Å². The van der Waals surface area contributed by atoms with E-state index in [4.69, 9.17) is 9.47 Å². The highest BCUT2D eigenvalue weighted by Gasteiger charge is 2.01. The van der Waals surface area contributed by atoms with Gasteiger partial charge in [-0.15, -0.1) is 0 Å². The molecule has 3 heteroatoms. The molecule has 2 rings (SSSR count). The number of carbonyl (C=O) groups is 1. The maximum atomic E-state index is 11.3. The SMILES string of the molecule is C=C(C)C(=O)OCCCCCCCCCCCOc1ccc(/C=C/c2ccccc2)cc1. The minimum atomic E-state index is -0.276. The van der Waals surface area contributed by atoms with E-state index in [-0.39, 0.29) is 5.97 Å². The van der Waals surface area contributed by atoms with Crippen molar-refractivity contribution < 1.29 is 14.3 Å². The summed E-state index contributed by atoms with van der Waals surface area (Å²) in [4.78, 5) is 11.3. The second kappa shape index (κ2) is 15.9. The molecule has 0 amide bonds. The van der Waals surface area contributed by atoms with Crippen molar-refractivity contribution in [1.29, 1.82) is 0 Å². The Labute approximate surface area is 194 Å². The number of esters is 1. The highest BCUT2D eigenvalue weighted by atomic mass is 16.5. The topological polar surface area (TPSA) is 35.5 Å². The summed E-state index contributed by atoms with van der Waals surface area (Å²) >= 11 is 0. The lowest BCUT2D eigenvalue weighted by Crippen LogP contribution is -2.05. The normalized spacial score (nSPS) is 10.9. The summed E-state index contributed by atoms with van der Waals surface area (Å²) in [7, 11) is 0. The number of ether oxygens (including phenoxy) is 2. The maximum Gasteiger partial charge on any atom is 0.333 e. The third-order valence-electron chi connectivity index (χ3n) is 5.29. The monoisotopic (exact) mass is 434 g/mol. The van der Waals surface area contributed by atoms with Gasteiger partial charge >= 0.3 is 5.97 Å². The number of carbonyl (C=O) groups excluding carboxylic acids is 1. The molecular formula is C29H38O3. The van der Waals surface area contributed by atoms with Gasteiger partial charge in [-0.1, -0.05) is 106 Å². The lowest BCUT2D eigenvalue weighted by molar-refractivity contribution is -0.139. The van der Waals surface area contributed by atoms with E-state index in [1.54, 1.807) is 6.92 Å². The van der Waals surface area contributed by atoms with Gasteiger partial charge in [-0.05, 0) is 43.0 Å². The van der Waals surface area contributed by atoms with Gasteiger partial charge in [0.2, 0.25) is 0 Å². The van der Waals surface area contributed by atoms with Crippen molar-refractivity contribution >= 4 is 18.1 Å². The zero-order valence-electron chi connectivity index (χ0n) is 19.6. The Hall–Kier alpha value is -2.81. The summed E-state index contributed by atoms with van der Waals surface area (Å²) in [6.07, 6.45) is 14.9. The van der Waals surface area contributed by atoms with Crippen LogP contribution in [0.1, 0.15) is 75.8 Å². The van der Waals surface area contributed by atoms with E-state index in [9.17, 15) is 4.79 Å². The van der Waals surface area contributed by atoms with E-state index >= 15 is 0 Å². The minimum Gasteiger partial charge on any atom is -0.494 e. The summed E-state index contributed by atoms with van der Waals surface area (Å²) in [6.45, 7) is 6.55. The molecule has 0 aliphatic rings. The van der Waals surface area contributed by atoms with Crippen LogP contribution in [0.5, 0.6) is 5.75 Å². The van der Waals surface area contributed by atoms with Crippen molar-refractivity contribution in [3.05, 3.63) is 77.9 Å². The first-order chi connectivity index (χ1) is 15.6. The second-order valence-corrected chi connectivity index (χ2v) is 8.26. The van der Waals surface area contributed by atoms with E-state index in [0.717, 1.165) is 31.6 Å². The van der Waals surface area contributed by atoms with Gasteiger partial charge in [0.05, 0.1) is 13.2 Å². The molecule has 0 saturated carbocycles. The van der Waals surface area contributed by atoms with E-state index in [1.807, 2.05) is 30.3 Å². The molecular weight excluding hydrogens is 396 g/mol. The van der Waals surface area contributed by atoms with Crippen LogP contribution in [0.15, 0.2) is 66.7 Å².